The Morgan fingerprint density at radius 1 is 1.50 bits per heavy atom. The molecule has 1 aromatic heterocycles. The van der Waals surface area contributed by atoms with Crippen LogP contribution in [0.1, 0.15) is 32.1 Å². The predicted molar refractivity (Wildman–Crippen MR) is 54.5 cm³/mol. The first-order valence-electron chi connectivity index (χ1n) is 4.99. The molecule has 0 amide bonds. The Bertz CT molecular complexity index is 341. The number of hydrogen-bond acceptors (Lipinski definition) is 5. The van der Waals surface area contributed by atoms with E-state index in [0.29, 0.717) is 12.4 Å². The van der Waals surface area contributed by atoms with Gasteiger partial charge in [-0.15, -0.1) is 0 Å². The molecule has 1 heterocycles. The van der Waals surface area contributed by atoms with Crippen molar-refractivity contribution in [2.45, 2.75) is 26.4 Å². The Balaban J connectivity index is 2.65. The fourth-order valence-electron chi connectivity index (χ4n) is 1.25. The van der Waals surface area contributed by atoms with E-state index in [-0.39, 0.29) is 6.42 Å². The molecule has 0 radical (unpaired) electrons. The normalized spacial score (nSPS) is 11.9. The van der Waals surface area contributed by atoms with E-state index in [2.05, 4.69) is 0 Å². The molecule has 1 aromatic rings. The summed E-state index contributed by atoms with van der Waals surface area (Å²) in [6.07, 6.45) is 0.698. The highest BCUT2D eigenvalue weighted by molar-refractivity contribution is 5.71. The van der Waals surface area contributed by atoms with Crippen LogP contribution >= 0.6 is 0 Å². The molecular formula is C11H14O5. The lowest BCUT2D eigenvalue weighted by Crippen LogP contribution is -2.14. The van der Waals surface area contributed by atoms with Crippen LogP contribution in [-0.4, -0.2) is 18.5 Å². The average Bonchev–Trinajstić information content (AvgIpc) is 2.68. The number of furan rings is 1. The van der Waals surface area contributed by atoms with Crippen molar-refractivity contribution in [3.63, 3.8) is 0 Å². The summed E-state index contributed by atoms with van der Waals surface area (Å²) < 4.78 is 14.8. The van der Waals surface area contributed by atoms with Crippen LogP contribution in [-0.2, 0) is 19.1 Å². The lowest BCUT2D eigenvalue weighted by Gasteiger charge is -2.13. The van der Waals surface area contributed by atoms with Crippen LogP contribution in [0.15, 0.2) is 22.8 Å². The summed E-state index contributed by atoms with van der Waals surface area (Å²) >= 11 is 0. The molecule has 0 aliphatic rings. The van der Waals surface area contributed by atoms with Gasteiger partial charge < -0.3 is 13.9 Å². The molecule has 0 aliphatic carbocycles. The number of rotatable bonds is 5. The summed E-state index contributed by atoms with van der Waals surface area (Å²) in [6, 6.07) is 3.31. The molecule has 1 unspecified atom stereocenters. The number of esters is 2. The second-order valence-electron chi connectivity index (χ2n) is 3.12. The molecule has 0 N–H and O–H groups in total. The first-order chi connectivity index (χ1) is 7.63. The topological polar surface area (TPSA) is 65.7 Å². The van der Waals surface area contributed by atoms with Gasteiger partial charge in [0.2, 0.25) is 0 Å². The number of ether oxygens (including phenoxy) is 2. The van der Waals surface area contributed by atoms with Gasteiger partial charge in [0.15, 0.2) is 6.10 Å². The third kappa shape index (κ3) is 3.76. The van der Waals surface area contributed by atoms with E-state index >= 15 is 0 Å². The van der Waals surface area contributed by atoms with Crippen LogP contribution in [0.5, 0.6) is 0 Å². The zero-order valence-electron chi connectivity index (χ0n) is 9.26. The standard InChI is InChI=1S/C11H14O5/c1-3-14-11(13)7-10(16-8(2)12)9-5-4-6-15-9/h4-6,10H,3,7H2,1-2H3. The summed E-state index contributed by atoms with van der Waals surface area (Å²) in [5.74, 6) is -0.459. The van der Waals surface area contributed by atoms with Crippen LogP contribution in [0.25, 0.3) is 0 Å². The third-order valence-corrected chi connectivity index (χ3v) is 1.83. The van der Waals surface area contributed by atoms with E-state index in [9.17, 15) is 9.59 Å². The quantitative estimate of drug-likeness (QED) is 0.716. The van der Waals surface area contributed by atoms with E-state index < -0.39 is 18.0 Å². The Kier molecular flexibility index (Phi) is 4.57. The summed E-state index contributed by atoms with van der Waals surface area (Å²) in [4.78, 5) is 22.1. The fourth-order valence-corrected chi connectivity index (χ4v) is 1.25. The van der Waals surface area contributed by atoms with Gasteiger partial charge in [0.05, 0.1) is 19.3 Å². The highest BCUT2D eigenvalue weighted by atomic mass is 16.6. The van der Waals surface area contributed by atoms with Crippen molar-refractivity contribution in [2.24, 2.45) is 0 Å². The van der Waals surface area contributed by atoms with Crippen molar-refractivity contribution >= 4 is 11.9 Å². The fraction of sp³-hybridized carbons (Fsp3) is 0.455. The van der Waals surface area contributed by atoms with Crippen LogP contribution in [0.2, 0.25) is 0 Å². The van der Waals surface area contributed by atoms with E-state index in [1.54, 1.807) is 19.1 Å². The van der Waals surface area contributed by atoms with Gasteiger partial charge in [-0.05, 0) is 19.1 Å². The predicted octanol–water partition coefficient (Wildman–Crippen LogP) is 1.84. The van der Waals surface area contributed by atoms with Gasteiger partial charge in [-0.3, -0.25) is 9.59 Å². The maximum Gasteiger partial charge on any atom is 0.310 e. The molecule has 0 fully saturated rings. The van der Waals surface area contributed by atoms with Crippen LogP contribution in [0.3, 0.4) is 0 Å². The van der Waals surface area contributed by atoms with Crippen molar-refractivity contribution in [1.29, 1.82) is 0 Å². The van der Waals surface area contributed by atoms with Crippen molar-refractivity contribution < 1.29 is 23.5 Å². The number of carbonyl (C=O) groups is 2. The van der Waals surface area contributed by atoms with Crippen LogP contribution in [0.4, 0.5) is 0 Å². The van der Waals surface area contributed by atoms with Gasteiger partial charge >= 0.3 is 11.9 Å². The van der Waals surface area contributed by atoms with Crippen molar-refractivity contribution in [2.75, 3.05) is 6.61 Å². The molecule has 5 heteroatoms. The van der Waals surface area contributed by atoms with Gasteiger partial charge in [0.25, 0.3) is 0 Å². The highest BCUT2D eigenvalue weighted by Gasteiger charge is 2.22. The van der Waals surface area contributed by atoms with Crippen LogP contribution < -0.4 is 0 Å². The molecule has 0 saturated heterocycles. The zero-order chi connectivity index (χ0) is 12.0. The molecule has 0 aliphatic heterocycles. The van der Waals surface area contributed by atoms with E-state index in [0.717, 1.165) is 0 Å². The molecule has 16 heavy (non-hydrogen) atoms. The second kappa shape index (κ2) is 5.95. The van der Waals surface area contributed by atoms with Gasteiger partial charge in [-0.1, -0.05) is 0 Å². The molecule has 1 atom stereocenters. The molecule has 0 bridgehead atoms. The Morgan fingerprint density at radius 2 is 2.25 bits per heavy atom. The Morgan fingerprint density at radius 3 is 2.75 bits per heavy atom. The molecular weight excluding hydrogens is 212 g/mol. The lowest BCUT2D eigenvalue weighted by molar-refractivity contribution is -0.154. The van der Waals surface area contributed by atoms with Gasteiger partial charge in [-0.2, -0.15) is 0 Å². The number of hydrogen-bond donors (Lipinski definition) is 0. The minimum absolute atomic E-state index is 0.0407. The molecule has 0 spiro atoms. The maximum atomic E-state index is 11.3. The zero-order valence-corrected chi connectivity index (χ0v) is 9.26. The van der Waals surface area contributed by atoms with E-state index in [4.69, 9.17) is 13.9 Å². The van der Waals surface area contributed by atoms with Crippen molar-refractivity contribution in [3.05, 3.63) is 24.2 Å². The molecule has 88 valence electrons. The van der Waals surface area contributed by atoms with E-state index in [1.165, 1.54) is 13.2 Å². The number of carbonyl (C=O) groups excluding carboxylic acids is 2. The summed E-state index contributed by atoms with van der Waals surface area (Å²) in [7, 11) is 0. The third-order valence-electron chi connectivity index (χ3n) is 1.83. The lowest BCUT2D eigenvalue weighted by atomic mass is 10.2. The van der Waals surface area contributed by atoms with Gasteiger partial charge in [-0.25, -0.2) is 0 Å². The van der Waals surface area contributed by atoms with Crippen molar-refractivity contribution in [3.8, 4) is 0 Å². The SMILES string of the molecule is CCOC(=O)CC(OC(C)=O)c1ccco1. The summed E-state index contributed by atoms with van der Waals surface area (Å²) in [5.41, 5.74) is 0. The maximum absolute atomic E-state index is 11.3. The average molecular weight is 226 g/mol. The first-order valence-corrected chi connectivity index (χ1v) is 4.99. The minimum Gasteiger partial charge on any atom is -0.466 e. The minimum atomic E-state index is -0.716. The monoisotopic (exact) mass is 226 g/mol. The molecule has 0 saturated carbocycles. The Hall–Kier alpha value is -1.78. The van der Waals surface area contributed by atoms with Gasteiger partial charge in [0.1, 0.15) is 5.76 Å². The first kappa shape index (κ1) is 12.3. The summed E-state index contributed by atoms with van der Waals surface area (Å²) in [5, 5.41) is 0. The highest BCUT2D eigenvalue weighted by Crippen LogP contribution is 2.22. The second-order valence-corrected chi connectivity index (χ2v) is 3.12. The molecule has 1 rings (SSSR count). The summed E-state index contributed by atoms with van der Waals surface area (Å²) in [6.45, 7) is 3.29. The Labute approximate surface area is 93.3 Å². The molecule has 5 nitrogen and oxygen atoms in total. The largest absolute Gasteiger partial charge is 0.466 e. The van der Waals surface area contributed by atoms with Gasteiger partial charge in [0, 0.05) is 6.92 Å². The smallest absolute Gasteiger partial charge is 0.310 e. The van der Waals surface area contributed by atoms with E-state index in [1.807, 2.05) is 0 Å². The van der Waals surface area contributed by atoms with Crippen LogP contribution in [0, 0.1) is 0 Å². The molecule has 0 aromatic carbocycles. The van der Waals surface area contributed by atoms with Crippen molar-refractivity contribution in [1.82, 2.24) is 0 Å².